The van der Waals surface area contributed by atoms with Crippen molar-refractivity contribution in [3.05, 3.63) is 12.7 Å². The third kappa shape index (κ3) is 3.84. The first-order valence-electron chi connectivity index (χ1n) is 6.36. The number of aliphatic carboxylic acids is 1. The summed E-state index contributed by atoms with van der Waals surface area (Å²) in [5.41, 5.74) is -1.07. The van der Waals surface area contributed by atoms with E-state index in [1.54, 1.807) is 6.08 Å². The SMILES string of the molecule is C=CCNCC(=O)NC1(C(=O)O)CCC(C)CC1. The molecule has 3 N–H and O–H groups in total. The Hall–Kier alpha value is -1.36. The second kappa shape index (κ2) is 6.54. The standard InChI is InChI=1S/C13H22N2O3/c1-3-8-14-9-11(16)15-13(12(17)18)6-4-10(2)5-7-13/h3,10,14H,1,4-9H2,2H3,(H,15,16)(H,17,18). The van der Waals surface area contributed by atoms with Crippen LogP contribution >= 0.6 is 0 Å². The highest BCUT2D eigenvalue weighted by atomic mass is 16.4. The Morgan fingerprint density at radius 1 is 1.44 bits per heavy atom. The molecule has 18 heavy (non-hydrogen) atoms. The van der Waals surface area contributed by atoms with E-state index in [0.717, 1.165) is 12.8 Å². The van der Waals surface area contributed by atoms with Gasteiger partial charge >= 0.3 is 5.97 Å². The van der Waals surface area contributed by atoms with E-state index in [1.165, 1.54) is 0 Å². The van der Waals surface area contributed by atoms with Gasteiger partial charge in [0.25, 0.3) is 0 Å². The Morgan fingerprint density at radius 3 is 2.56 bits per heavy atom. The van der Waals surface area contributed by atoms with Gasteiger partial charge in [-0.05, 0) is 31.6 Å². The lowest BCUT2D eigenvalue weighted by atomic mass is 9.77. The summed E-state index contributed by atoms with van der Waals surface area (Å²) < 4.78 is 0. The summed E-state index contributed by atoms with van der Waals surface area (Å²) in [6.45, 7) is 6.30. The van der Waals surface area contributed by atoms with Gasteiger partial charge in [0.05, 0.1) is 6.54 Å². The molecule has 5 nitrogen and oxygen atoms in total. The number of amides is 1. The van der Waals surface area contributed by atoms with Crippen molar-refractivity contribution >= 4 is 11.9 Å². The average molecular weight is 254 g/mol. The van der Waals surface area contributed by atoms with Crippen LogP contribution in [0.1, 0.15) is 32.6 Å². The van der Waals surface area contributed by atoms with Crippen LogP contribution in [0.3, 0.4) is 0 Å². The summed E-state index contributed by atoms with van der Waals surface area (Å²) in [5, 5.41) is 14.9. The summed E-state index contributed by atoms with van der Waals surface area (Å²) in [6, 6.07) is 0. The highest BCUT2D eigenvalue weighted by Gasteiger charge is 2.42. The van der Waals surface area contributed by atoms with Crippen LogP contribution in [0.25, 0.3) is 0 Å². The molecule has 0 atom stereocenters. The first-order valence-corrected chi connectivity index (χ1v) is 6.36. The molecule has 1 fully saturated rings. The number of carboxylic acid groups (broad SMARTS) is 1. The van der Waals surface area contributed by atoms with E-state index in [9.17, 15) is 14.7 Å². The molecule has 1 amide bonds. The molecule has 0 bridgehead atoms. The van der Waals surface area contributed by atoms with Crippen molar-refractivity contribution in [2.24, 2.45) is 5.92 Å². The minimum absolute atomic E-state index is 0.122. The minimum Gasteiger partial charge on any atom is -0.480 e. The van der Waals surface area contributed by atoms with Gasteiger partial charge in [-0.2, -0.15) is 0 Å². The van der Waals surface area contributed by atoms with Crippen molar-refractivity contribution in [3.63, 3.8) is 0 Å². The number of rotatable bonds is 6. The maximum absolute atomic E-state index is 11.7. The molecular formula is C13H22N2O3. The van der Waals surface area contributed by atoms with Crippen LogP contribution in [-0.2, 0) is 9.59 Å². The lowest BCUT2D eigenvalue weighted by Crippen LogP contribution is -2.57. The molecule has 0 aromatic carbocycles. The summed E-state index contributed by atoms with van der Waals surface area (Å²) in [5.74, 6) is -0.659. The van der Waals surface area contributed by atoms with E-state index in [2.05, 4.69) is 24.1 Å². The molecule has 0 aliphatic heterocycles. The summed E-state index contributed by atoms with van der Waals surface area (Å²) in [6.07, 6.45) is 4.36. The highest BCUT2D eigenvalue weighted by molar-refractivity contribution is 5.88. The van der Waals surface area contributed by atoms with Gasteiger partial charge < -0.3 is 15.7 Å². The van der Waals surface area contributed by atoms with Gasteiger partial charge in [0.1, 0.15) is 5.54 Å². The Balaban J connectivity index is 2.55. The van der Waals surface area contributed by atoms with Crippen molar-refractivity contribution < 1.29 is 14.7 Å². The number of carbonyl (C=O) groups excluding carboxylic acids is 1. The molecule has 102 valence electrons. The van der Waals surface area contributed by atoms with Gasteiger partial charge in [0.15, 0.2) is 0 Å². The minimum atomic E-state index is -1.07. The average Bonchev–Trinajstić information content (AvgIpc) is 2.32. The number of nitrogens with one attached hydrogen (secondary N) is 2. The quantitative estimate of drug-likeness (QED) is 0.486. The molecule has 0 aromatic heterocycles. The molecule has 1 aliphatic rings. The second-order valence-corrected chi connectivity index (χ2v) is 5.04. The number of hydrogen-bond acceptors (Lipinski definition) is 3. The fraction of sp³-hybridized carbons (Fsp3) is 0.692. The molecule has 1 aliphatic carbocycles. The van der Waals surface area contributed by atoms with Crippen LogP contribution < -0.4 is 10.6 Å². The first-order chi connectivity index (χ1) is 8.50. The Morgan fingerprint density at radius 2 is 2.06 bits per heavy atom. The van der Waals surface area contributed by atoms with Gasteiger partial charge in [-0.25, -0.2) is 4.79 Å². The fourth-order valence-electron chi connectivity index (χ4n) is 2.25. The first kappa shape index (κ1) is 14.7. The molecule has 0 saturated heterocycles. The molecule has 0 aromatic rings. The van der Waals surface area contributed by atoms with E-state index in [0.29, 0.717) is 25.3 Å². The van der Waals surface area contributed by atoms with Crippen LogP contribution in [-0.4, -0.2) is 35.6 Å². The van der Waals surface area contributed by atoms with Crippen molar-refractivity contribution in [1.29, 1.82) is 0 Å². The van der Waals surface area contributed by atoms with E-state index >= 15 is 0 Å². The molecule has 1 rings (SSSR count). The molecule has 1 saturated carbocycles. The third-order valence-electron chi connectivity index (χ3n) is 3.49. The summed E-state index contributed by atoms with van der Waals surface area (Å²) >= 11 is 0. The number of hydrogen-bond donors (Lipinski definition) is 3. The molecular weight excluding hydrogens is 232 g/mol. The monoisotopic (exact) mass is 254 g/mol. The normalized spacial score (nSPS) is 27.5. The van der Waals surface area contributed by atoms with Crippen LogP contribution in [0.15, 0.2) is 12.7 Å². The van der Waals surface area contributed by atoms with Crippen LogP contribution in [0.5, 0.6) is 0 Å². The third-order valence-corrected chi connectivity index (χ3v) is 3.49. The van der Waals surface area contributed by atoms with Crippen molar-refractivity contribution in [2.75, 3.05) is 13.1 Å². The molecule has 0 unspecified atom stereocenters. The van der Waals surface area contributed by atoms with Gasteiger partial charge in [0, 0.05) is 6.54 Å². The molecule has 0 radical (unpaired) electrons. The van der Waals surface area contributed by atoms with Gasteiger partial charge in [-0.15, -0.1) is 6.58 Å². The van der Waals surface area contributed by atoms with Crippen molar-refractivity contribution in [1.82, 2.24) is 10.6 Å². The predicted molar refractivity (Wildman–Crippen MR) is 69.2 cm³/mol. The Bertz CT molecular complexity index is 320. The number of carbonyl (C=O) groups is 2. The van der Waals surface area contributed by atoms with Crippen molar-refractivity contribution in [3.8, 4) is 0 Å². The van der Waals surface area contributed by atoms with Crippen LogP contribution in [0, 0.1) is 5.92 Å². The topological polar surface area (TPSA) is 78.4 Å². The van der Waals surface area contributed by atoms with E-state index in [4.69, 9.17) is 0 Å². The maximum atomic E-state index is 11.7. The predicted octanol–water partition coefficient (Wildman–Crippen LogP) is 0.912. The Labute approximate surface area is 108 Å². The fourth-order valence-corrected chi connectivity index (χ4v) is 2.25. The zero-order chi connectivity index (χ0) is 13.6. The smallest absolute Gasteiger partial charge is 0.329 e. The zero-order valence-corrected chi connectivity index (χ0v) is 10.9. The lowest BCUT2D eigenvalue weighted by Gasteiger charge is -2.36. The second-order valence-electron chi connectivity index (χ2n) is 5.04. The van der Waals surface area contributed by atoms with E-state index < -0.39 is 11.5 Å². The summed E-state index contributed by atoms with van der Waals surface area (Å²) in [7, 11) is 0. The highest BCUT2D eigenvalue weighted by Crippen LogP contribution is 2.32. The van der Waals surface area contributed by atoms with E-state index in [1.807, 2.05) is 0 Å². The molecule has 0 spiro atoms. The maximum Gasteiger partial charge on any atom is 0.329 e. The van der Waals surface area contributed by atoms with E-state index in [-0.39, 0.29) is 12.5 Å². The largest absolute Gasteiger partial charge is 0.480 e. The molecule has 0 heterocycles. The van der Waals surface area contributed by atoms with Crippen molar-refractivity contribution in [2.45, 2.75) is 38.1 Å². The van der Waals surface area contributed by atoms with Crippen LogP contribution in [0.2, 0.25) is 0 Å². The zero-order valence-electron chi connectivity index (χ0n) is 10.9. The summed E-state index contributed by atoms with van der Waals surface area (Å²) in [4.78, 5) is 23.1. The Kier molecular flexibility index (Phi) is 5.34. The van der Waals surface area contributed by atoms with Crippen LogP contribution in [0.4, 0.5) is 0 Å². The van der Waals surface area contributed by atoms with Gasteiger partial charge in [0.2, 0.25) is 5.91 Å². The molecule has 5 heteroatoms. The van der Waals surface area contributed by atoms with Gasteiger partial charge in [-0.3, -0.25) is 4.79 Å². The lowest BCUT2D eigenvalue weighted by molar-refractivity contribution is -0.149. The number of carboxylic acids is 1. The van der Waals surface area contributed by atoms with Gasteiger partial charge in [-0.1, -0.05) is 13.0 Å².